The number of nitrogens with zero attached hydrogens (tertiary/aromatic N) is 2. The van der Waals surface area contributed by atoms with E-state index >= 15 is 0 Å². The highest BCUT2D eigenvalue weighted by atomic mass is 16.1. The van der Waals surface area contributed by atoms with Gasteiger partial charge in [0.05, 0.1) is 5.56 Å². The summed E-state index contributed by atoms with van der Waals surface area (Å²) in [4.78, 5) is 19.0. The van der Waals surface area contributed by atoms with E-state index < -0.39 is 0 Å². The molecule has 0 spiro atoms. The summed E-state index contributed by atoms with van der Waals surface area (Å²) in [6.45, 7) is 7.38. The van der Waals surface area contributed by atoms with Gasteiger partial charge in [0.15, 0.2) is 0 Å². The van der Waals surface area contributed by atoms with Crippen LogP contribution in [-0.4, -0.2) is 43.6 Å². The van der Waals surface area contributed by atoms with Gasteiger partial charge in [0, 0.05) is 25.8 Å². The lowest BCUT2D eigenvalue weighted by atomic mass is 9.99. The summed E-state index contributed by atoms with van der Waals surface area (Å²) in [5.41, 5.74) is 0.656. The largest absolute Gasteiger partial charge is 0.357 e. The molecule has 5 nitrogen and oxygen atoms in total. The van der Waals surface area contributed by atoms with E-state index in [0.717, 1.165) is 50.9 Å². The Kier molecular flexibility index (Phi) is 5.49. The number of hydrogen-bond acceptors (Lipinski definition) is 4. The van der Waals surface area contributed by atoms with Gasteiger partial charge in [-0.05, 0) is 62.7 Å². The van der Waals surface area contributed by atoms with Gasteiger partial charge in [0.1, 0.15) is 5.82 Å². The van der Waals surface area contributed by atoms with Gasteiger partial charge < -0.3 is 15.5 Å². The predicted octanol–water partition coefficient (Wildman–Crippen LogP) is 2.05. The highest BCUT2D eigenvalue weighted by Gasteiger charge is 2.18. The van der Waals surface area contributed by atoms with Gasteiger partial charge in [-0.15, -0.1) is 0 Å². The molecule has 2 fully saturated rings. The summed E-state index contributed by atoms with van der Waals surface area (Å²) in [6.07, 6.45) is 6.43. The third-order valence-electron chi connectivity index (χ3n) is 5.12. The molecule has 1 unspecified atom stereocenters. The molecule has 5 heteroatoms. The summed E-state index contributed by atoms with van der Waals surface area (Å²) in [7, 11) is 0. The van der Waals surface area contributed by atoms with Crippen molar-refractivity contribution >= 4 is 11.7 Å². The maximum absolute atomic E-state index is 12.2. The molecule has 3 rings (SSSR count). The van der Waals surface area contributed by atoms with E-state index in [0.29, 0.717) is 11.5 Å². The van der Waals surface area contributed by atoms with E-state index in [1.807, 2.05) is 12.1 Å². The summed E-state index contributed by atoms with van der Waals surface area (Å²) >= 11 is 0. The molecule has 0 saturated carbocycles. The number of amides is 1. The fourth-order valence-electron chi connectivity index (χ4n) is 3.40. The van der Waals surface area contributed by atoms with Crippen LogP contribution in [0.3, 0.4) is 0 Å². The Morgan fingerprint density at radius 3 is 2.83 bits per heavy atom. The number of hydrogen-bond donors (Lipinski definition) is 2. The van der Waals surface area contributed by atoms with Gasteiger partial charge in [-0.2, -0.15) is 0 Å². The molecule has 1 aromatic heterocycles. The van der Waals surface area contributed by atoms with Crippen molar-refractivity contribution in [2.24, 2.45) is 11.8 Å². The number of aromatic nitrogens is 1. The third kappa shape index (κ3) is 4.44. The summed E-state index contributed by atoms with van der Waals surface area (Å²) in [5, 5.41) is 6.37. The Morgan fingerprint density at radius 1 is 1.35 bits per heavy atom. The molecule has 126 valence electrons. The minimum Gasteiger partial charge on any atom is -0.357 e. The first-order valence-electron chi connectivity index (χ1n) is 8.92. The molecular formula is C18H28N4O. The minimum absolute atomic E-state index is 0.0118. The van der Waals surface area contributed by atoms with Gasteiger partial charge in [-0.3, -0.25) is 4.79 Å². The van der Waals surface area contributed by atoms with Crippen LogP contribution in [0.4, 0.5) is 5.82 Å². The lowest BCUT2D eigenvalue weighted by molar-refractivity contribution is 0.0951. The topological polar surface area (TPSA) is 57.3 Å². The van der Waals surface area contributed by atoms with Crippen LogP contribution in [0.1, 0.15) is 43.0 Å². The Hall–Kier alpha value is -1.62. The highest BCUT2D eigenvalue weighted by molar-refractivity contribution is 5.94. The number of anilines is 1. The molecule has 2 aliphatic rings. The fraction of sp³-hybridized carbons (Fsp3) is 0.667. The van der Waals surface area contributed by atoms with Crippen molar-refractivity contribution in [1.29, 1.82) is 0 Å². The lowest BCUT2D eigenvalue weighted by Crippen LogP contribution is -2.33. The average molecular weight is 316 g/mol. The Morgan fingerprint density at radius 2 is 2.17 bits per heavy atom. The molecule has 0 bridgehead atoms. The first kappa shape index (κ1) is 16.2. The maximum Gasteiger partial charge on any atom is 0.252 e. The van der Waals surface area contributed by atoms with Crippen LogP contribution in [0.2, 0.25) is 0 Å². The minimum atomic E-state index is -0.0118. The van der Waals surface area contributed by atoms with Gasteiger partial charge in [-0.25, -0.2) is 4.98 Å². The van der Waals surface area contributed by atoms with E-state index in [-0.39, 0.29) is 5.91 Å². The molecule has 2 saturated heterocycles. The van der Waals surface area contributed by atoms with Crippen LogP contribution in [0.5, 0.6) is 0 Å². The molecule has 0 aromatic carbocycles. The number of nitrogens with one attached hydrogen (secondary N) is 2. The molecule has 1 amide bonds. The van der Waals surface area contributed by atoms with Crippen LogP contribution in [-0.2, 0) is 0 Å². The van der Waals surface area contributed by atoms with Gasteiger partial charge in [-0.1, -0.05) is 6.92 Å². The Balaban J connectivity index is 1.47. The lowest BCUT2D eigenvalue weighted by Gasteiger charge is -2.31. The SMILES string of the molecule is CC1CCN(c2ccc(C(=O)NCCC3CCNC3)cn2)CC1. The third-order valence-corrected chi connectivity index (χ3v) is 5.12. The van der Waals surface area contributed by atoms with Gasteiger partial charge in [0.25, 0.3) is 5.91 Å². The van der Waals surface area contributed by atoms with E-state index in [4.69, 9.17) is 0 Å². The zero-order valence-corrected chi connectivity index (χ0v) is 14.1. The summed E-state index contributed by atoms with van der Waals surface area (Å²) in [5.74, 6) is 2.50. The molecule has 23 heavy (non-hydrogen) atoms. The second-order valence-corrected chi connectivity index (χ2v) is 6.98. The second kappa shape index (κ2) is 7.77. The fourth-order valence-corrected chi connectivity index (χ4v) is 3.40. The van der Waals surface area contributed by atoms with E-state index in [1.165, 1.54) is 19.3 Å². The number of piperidine rings is 1. The molecule has 2 N–H and O–H groups in total. The van der Waals surface area contributed by atoms with Crippen LogP contribution < -0.4 is 15.5 Å². The van der Waals surface area contributed by atoms with E-state index in [1.54, 1.807) is 6.20 Å². The van der Waals surface area contributed by atoms with Gasteiger partial charge >= 0.3 is 0 Å². The second-order valence-electron chi connectivity index (χ2n) is 6.98. The zero-order valence-electron chi connectivity index (χ0n) is 14.1. The highest BCUT2D eigenvalue weighted by Crippen LogP contribution is 2.21. The Bertz CT molecular complexity index is 502. The quantitative estimate of drug-likeness (QED) is 0.873. The molecular weight excluding hydrogens is 288 g/mol. The van der Waals surface area contributed by atoms with E-state index in [2.05, 4.69) is 27.4 Å². The first-order valence-corrected chi connectivity index (χ1v) is 8.92. The van der Waals surface area contributed by atoms with Crippen molar-refractivity contribution in [2.45, 2.75) is 32.6 Å². The Labute approximate surface area is 138 Å². The van der Waals surface area contributed by atoms with E-state index in [9.17, 15) is 4.79 Å². The summed E-state index contributed by atoms with van der Waals surface area (Å²) < 4.78 is 0. The molecule has 0 aliphatic carbocycles. The number of carbonyl (C=O) groups is 1. The zero-order chi connectivity index (χ0) is 16.1. The number of pyridine rings is 1. The molecule has 1 aromatic rings. The van der Waals surface area contributed by atoms with Crippen molar-refractivity contribution in [3.63, 3.8) is 0 Å². The van der Waals surface area contributed by atoms with Crippen LogP contribution in [0, 0.1) is 11.8 Å². The standard InChI is InChI=1S/C18H28N4O/c1-14-6-10-22(11-7-14)17-3-2-16(13-21-17)18(23)20-9-5-15-4-8-19-12-15/h2-3,13-15,19H,4-12H2,1H3,(H,20,23). The first-order chi connectivity index (χ1) is 11.2. The normalized spacial score (nSPS) is 22.3. The number of rotatable bonds is 5. The van der Waals surface area contributed by atoms with Crippen molar-refractivity contribution in [3.05, 3.63) is 23.9 Å². The maximum atomic E-state index is 12.2. The molecule has 0 radical (unpaired) electrons. The predicted molar refractivity (Wildman–Crippen MR) is 92.8 cm³/mol. The average Bonchev–Trinajstić information content (AvgIpc) is 3.09. The van der Waals surface area contributed by atoms with Crippen LogP contribution in [0.25, 0.3) is 0 Å². The van der Waals surface area contributed by atoms with Crippen LogP contribution in [0.15, 0.2) is 18.3 Å². The van der Waals surface area contributed by atoms with Gasteiger partial charge in [0.2, 0.25) is 0 Å². The molecule has 1 atom stereocenters. The molecule has 3 heterocycles. The van der Waals surface area contributed by atoms with Crippen molar-refractivity contribution < 1.29 is 4.79 Å². The summed E-state index contributed by atoms with van der Waals surface area (Å²) in [6, 6.07) is 3.87. The smallest absolute Gasteiger partial charge is 0.252 e. The van der Waals surface area contributed by atoms with Crippen molar-refractivity contribution in [1.82, 2.24) is 15.6 Å². The van der Waals surface area contributed by atoms with Crippen molar-refractivity contribution in [2.75, 3.05) is 37.6 Å². The van der Waals surface area contributed by atoms with Crippen molar-refractivity contribution in [3.8, 4) is 0 Å². The molecule has 2 aliphatic heterocycles. The monoisotopic (exact) mass is 316 g/mol. The number of carbonyl (C=O) groups excluding carboxylic acids is 1. The van der Waals surface area contributed by atoms with Crippen LogP contribution >= 0.6 is 0 Å².